The summed E-state index contributed by atoms with van der Waals surface area (Å²) in [7, 11) is 1.65. The molecular weight excluding hydrogens is 356 g/mol. The zero-order valence-corrected chi connectivity index (χ0v) is 17.1. The summed E-state index contributed by atoms with van der Waals surface area (Å²) in [5.74, 6) is 0.785. The molecule has 0 aromatic heterocycles. The quantitative estimate of drug-likeness (QED) is 0.587. The van der Waals surface area contributed by atoms with Gasteiger partial charge in [-0.3, -0.25) is 0 Å². The van der Waals surface area contributed by atoms with E-state index in [1.165, 1.54) is 27.8 Å². The first-order valence-corrected chi connectivity index (χ1v) is 9.92. The molecule has 1 aliphatic rings. The van der Waals surface area contributed by atoms with E-state index in [9.17, 15) is 5.11 Å². The lowest BCUT2D eigenvalue weighted by Crippen LogP contribution is -2.10. The van der Waals surface area contributed by atoms with E-state index in [4.69, 9.17) is 4.74 Å². The topological polar surface area (TPSA) is 29.5 Å². The molecule has 1 N–H and O–H groups in total. The molecule has 0 aliphatic heterocycles. The lowest BCUT2D eigenvalue weighted by atomic mass is 9.85. The van der Waals surface area contributed by atoms with E-state index in [2.05, 4.69) is 62.4 Å². The lowest BCUT2D eigenvalue weighted by Gasteiger charge is -2.17. The summed E-state index contributed by atoms with van der Waals surface area (Å²) in [5.41, 5.74) is 6.76. The first-order valence-electron chi connectivity index (χ1n) is 9.92. The van der Waals surface area contributed by atoms with Gasteiger partial charge in [0, 0.05) is 0 Å². The van der Waals surface area contributed by atoms with Crippen molar-refractivity contribution in [2.75, 3.05) is 7.11 Å². The fraction of sp³-hybridized carbons (Fsp3) is 0.185. The van der Waals surface area contributed by atoms with Crippen LogP contribution in [0, 0.1) is 0 Å². The van der Waals surface area contributed by atoms with Gasteiger partial charge in [0.2, 0.25) is 0 Å². The maximum absolute atomic E-state index is 11.0. The molecule has 0 radical (unpaired) electrons. The summed E-state index contributed by atoms with van der Waals surface area (Å²) in [4.78, 5) is 0. The van der Waals surface area contributed by atoms with Crippen LogP contribution >= 0.6 is 0 Å². The second-order valence-electron chi connectivity index (χ2n) is 7.66. The third-order valence-corrected chi connectivity index (χ3v) is 5.68. The highest BCUT2D eigenvalue weighted by Gasteiger charge is 2.57. The summed E-state index contributed by atoms with van der Waals surface area (Å²) in [6, 6.07) is 28.7. The van der Waals surface area contributed by atoms with E-state index in [1.54, 1.807) is 7.11 Å². The minimum absolute atomic E-state index is 0.297. The number of hydrogen-bond donors (Lipinski definition) is 1. The van der Waals surface area contributed by atoms with Crippen LogP contribution in [0.3, 0.4) is 0 Å². The predicted molar refractivity (Wildman–Crippen MR) is 118 cm³/mol. The maximum atomic E-state index is 11.0. The zero-order valence-electron chi connectivity index (χ0n) is 17.1. The van der Waals surface area contributed by atoms with Crippen LogP contribution in [0.15, 0.2) is 108 Å². The molecule has 1 fully saturated rings. The Hall–Kier alpha value is -3.10. The van der Waals surface area contributed by atoms with Gasteiger partial charge in [-0.25, -0.2) is 0 Å². The Morgan fingerprint density at radius 1 is 0.828 bits per heavy atom. The molecule has 1 aliphatic carbocycles. The van der Waals surface area contributed by atoms with Crippen LogP contribution in [0.4, 0.5) is 0 Å². The maximum Gasteiger partial charge on any atom is 0.118 e. The third-order valence-electron chi connectivity index (χ3n) is 5.68. The van der Waals surface area contributed by atoms with Crippen molar-refractivity contribution in [1.29, 1.82) is 0 Å². The highest BCUT2D eigenvalue weighted by atomic mass is 16.5. The minimum atomic E-state index is -0.681. The van der Waals surface area contributed by atoms with Gasteiger partial charge in [0.25, 0.3) is 0 Å². The van der Waals surface area contributed by atoms with Crippen LogP contribution in [-0.4, -0.2) is 12.2 Å². The van der Waals surface area contributed by atoms with Crippen molar-refractivity contribution in [2.24, 2.45) is 0 Å². The van der Waals surface area contributed by atoms with Crippen LogP contribution in [-0.2, 0) is 5.41 Å². The zero-order chi connectivity index (χ0) is 20.4. The van der Waals surface area contributed by atoms with Crippen molar-refractivity contribution in [3.8, 4) is 5.75 Å². The van der Waals surface area contributed by atoms with Crippen molar-refractivity contribution >= 4 is 0 Å². The Morgan fingerprint density at radius 2 is 1.34 bits per heavy atom. The van der Waals surface area contributed by atoms with Gasteiger partial charge >= 0.3 is 0 Å². The second-order valence-corrected chi connectivity index (χ2v) is 7.66. The Bertz CT molecular complexity index is 1000. The first kappa shape index (κ1) is 19.2. The van der Waals surface area contributed by atoms with E-state index in [1.807, 2.05) is 42.5 Å². The van der Waals surface area contributed by atoms with Gasteiger partial charge in [-0.2, -0.15) is 0 Å². The van der Waals surface area contributed by atoms with E-state index in [0.29, 0.717) is 0 Å². The molecule has 2 nitrogen and oxygen atoms in total. The average molecular weight is 383 g/mol. The van der Waals surface area contributed by atoms with Crippen molar-refractivity contribution < 1.29 is 9.84 Å². The summed E-state index contributed by atoms with van der Waals surface area (Å²) in [6.45, 7) is 4.30. The summed E-state index contributed by atoms with van der Waals surface area (Å²) < 4.78 is 5.24. The fourth-order valence-corrected chi connectivity index (χ4v) is 4.35. The highest BCUT2D eigenvalue weighted by Crippen LogP contribution is 2.65. The van der Waals surface area contributed by atoms with Crippen molar-refractivity contribution in [1.82, 2.24) is 0 Å². The summed E-state index contributed by atoms with van der Waals surface area (Å²) in [6.07, 6.45) is 1.32. The third kappa shape index (κ3) is 3.30. The summed E-state index contributed by atoms with van der Waals surface area (Å²) in [5, 5.41) is 11.0. The molecule has 1 unspecified atom stereocenters. The number of rotatable bonds is 5. The van der Waals surface area contributed by atoms with E-state index in [0.717, 1.165) is 11.3 Å². The molecule has 3 aromatic rings. The lowest BCUT2D eigenvalue weighted by molar-refractivity contribution is 0.228. The molecule has 3 aromatic carbocycles. The number of benzene rings is 3. The van der Waals surface area contributed by atoms with E-state index in [-0.39, 0.29) is 5.41 Å². The van der Waals surface area contributed by atoms with Gasteiger partial charge < -0.3 is 9.84 Å². The number of aliphatic hydroxyl groups is 1. The van der Waals surface area contributed by atoms with Crippen LogP contribution in [0.2, 0.25) is 0 Å². The molecular formula is C27H26O2. The fourth-order valence-electron chi connectivity index (χ4n) is 4.35. The largest absolute Gasteiger partial charge is 0.497 e. The molecule has 0 amide bonds. The second kappa shape index (κ2) is 7.73. The molecule has 146 valence electrons. The number of aliphatic hydroxyl groups excluding tert-OH is 1. The van der Waals surface area contributed by atoms with Crippen LogP contribution in [0.5, 0.6) is 5.75 Å². The Balaban J connectivity index is 1.85. The van der Waals surface area contributed by atoms with Gasteiger partial charge in [0.15, 0.2) is 0 Å². The van der Waals surface area contributed by atoms with Gasteiger partial charge in [-0.05, 0) is 59.9 Å². The van der Waals surface area contributed by atoms with Crippen molar-refractivity contribution in [2.45, 2.75) is 25.4 Å². The smallest absolute Gasteiger partial charge is 0.118 e. The predicted octanol–water partition coefficient (Wildman–Crippen LogP) is 5.99. The molecule has 1 atom stereocenters. The Morgan fingerprint density at radius 3 is 1.79 bits per heavy atom. The molecule has 0 heterocycles. The van der Waals surface area contributed by atoms with Gasteiger partial charge in [-0.1, -0.05) is 78.4 Å². The van der Waals surface area contributed by atoms with E-state index < -0.39 is 6.10 Å². The van der Waals surface area contributed by atoms with Gasteiger partial charge in [0.1, 0.15) is 5.75 Å². The normalized spacial score (nSPS) is 17.1. The van der Waals surface area contributed by atoms with Crippen LogP contribution in [0.25, 0.3) is 0 Å². The van der Waals surface area contributed by atoms with Gasteiger partial charge in [0.05, 0.1) is 18.6 Å². The Labute approximate surface area is 172 Å². The number of allylic oxidation sites excluding steroid dienone is 3. The monoisotopic (exact) mass is 382 g/mol. The molecule has 29 heavy (non-hydrogen) atoms. The van der Waals surface area contributed by atoms with Crippen molar-refractivity contribution in [3.63, 3.8) is 0 Å². The molecule has 1 saturated carbocycles. The SMILES string of the molecule is COc1ccc(C(O)/C=C2/C(=C(C)C)C2(c2ccccc2)c2ccccc2)cc1. The minimum Gasteiger partial charge on any atom is -0.497 e. The number of ether oxygens (including phenoxy) is 1. The number of methoxy groups -OCH3 is 1. The molecule has 0 spiro atoms. The van der Waals surface area contributed by atoms with Crippen LogP contribution < -0.4 is 4.74 Å². The molecule has 4 rings (SSSR count). The molecule has 0 saturated heterocycles. The average Bonchev–Trinajstić information content (AvgIpc) is 3.44. The number of hydrogen-bond acceptors (Lipinski definition) is 2. The van der Waals surface area contributed by atoms with Crippen molar-refractivity contribution in [3.05, 3.63) is 124 Å². The molecule has 0 bridgehead atoms. The first-order chi connectivity index (χ1) is 14.1. The van der Waals surface area contributed by atoms with E-state index >= 15 is 0 Å². The Kier molecular flexibility index (Phi) is 5.12. The standard InChI is InChI=1S/C27H26O2/c1-19(2)26-24(18-25(28)20-14-16-23(29-3)17-15-20)27(26,21-10-6-4-7-11-21)22-12-8-5-9-13-22/h4-18,25,28H,1-3H3/b24-18-. The van der Waals surface area contributed by atoms with Crippen LogP contribution in [0.1, 0.15) is 36.6 Å². The van der Waals surface area contributed by atoms with Gasteiger partial charge in [-0.15, -0.1) is 0 Å². The highest BCUT2D eigenvalue weighted by molar-refractivity contribution is 5.80. The molecule has 2 heteroatoms. The summed E-state index contributed by atoms with van der Waals surface area (Å²) >= 11 is 0.